The molecular formula is C16H31N2O4+. The van der Waals surface area contributed by atoms with E-state index in [0.29, 0.717) is 32.5 Å². The monoisotopic (exact) mass is 315 g/mol. The molecule has 0 radical (unpaired) electrons. The second-order valence-corrected chi connectivity index (χ2v) is 7.14. The van der Waals surface area contributed by atoms with Crippen molar-refractivity contribution in [2.24, 2.45) is 5.92 Å². The van der Waals surface area contributed by atoms with Gasteiger partial charge in [-0.3, -0.25) is 4.79 Å². The van der Waals surface area contributed by atoms with Gasteiger partial charge in [0.1, 0.15) is 0 Å². The Morgan fingerprint density at radius 1 is 1.09 bits per heavy atom. The molecule has 1 amide bonds. The fraction of sp³-hybridized carbons (Fsp3) is 0.875. The largest absolute Gasteiger partial charge is 0.481 e. The van der Waals surface area contributed by atoms with E-state index in [4.69, 9.17) is 9.84 Å². The summed E-state index contributed by atoms with van der Waals surface area (Å²) in [6, 6.07) is 0. The summed E-state index contributed by atoms with van der Waals surface area (Å²) in [6.07, 6.45) is 5.08. The van der Waals surface area contributed by atoms with E-state index < -0.39 is 5.97 Å². The van der Waals surface area contributed by atoms with Crippen molar-refractivity contribution < 1.29 is 23.9 Å². The molecule has 6 heteroatoms. The number of carbonyl (C=O) groups is 2. The number of hydrogen-bond acceptors (Lipinski definition) is 3. The molecular weight excluding hydrogens is 284 g/mol. The van der Waals surface area contributed by atoms with Crippen LogP contribution in [0.15, 0.2) is 0 Å². The number of piperidine rings is 1. The van der Waals surface area contributed by atoms with E-state index in [2.05, 4.69) is 21.1 Å². The number of quaternary nitrogens is 1. The molecule has 1 saturated heterocycles. The number of nitrogens with zero attached hydrogens (tertiary/aromatic N) is 2. The minimum absolute atomic E-state index is 0.296. The highest BCUT2D eigenvalue weighted by atomic mass is 16.6. The highest BCUT2D eigenvalue weighted by molar-refractivity contribution is 5.71. The van der Waals surface area contributed by atoms with Crippen LogP contribution in [-0.2, 0) is 9.53 Å². The van der Waals surface area contributed by atoms with Crippen molar-refractivity contribution >= 4 is 12.1 Å². The average Bonchev–Trinajstić information content (AvgIpc) is 2.45. The van der Waals surface area contributed by atoms with Crippen molar-refractivity contribution in [1.82, 2.24) is 4.90 Å². The Labute approximate surface area is 133 Å². The van der Waals surface area contributed by atoms with Crippen molar-refractivity contribution in [1.29, 1.82) is 0 Å². The number of aliphatic carboxylic acids is 1. The van der Waals surface area contributed by atoms with Gasteiger partial charge >= 0.3 is 12.1 Å². The van der Waals surface area contributed by atoms with Gasteiger partial charge in [-0.25, -0.2) is 4.79 Å². The van der Waals surface area contributed by atoms with Crippen LogP contribution in [0.2, 0.25) is 0 Å². The molecule has 1 aliphatic rings. The number of likely N-dealkylation sites (tertiary alicyclic amines) is 1. The summed E-state index contributed by atoms with van der Waals surface area (Å²) in [7, 11) is 6.57. The lowest BCUT2D eigenvalue weighted by atomic mass is 9.97. The maximum Gasteiger partial charge on any atom is 0.409 e. The van der Waals surface area contributed by atoms with Gasteiger partial charge in [-0.2, -0.15) is 0 Å². The van der Waals surface area contributed by atoms with Gasteiger partial charge in [0.25, 0.3) is 0 Å². The molecule has 22 heavy (non-hydrogen) atoms. The minimum atomic E-state index is -0.762. The van der Waals surface area contributed by atoms with Gasteiger partial charge in [-0.05, 0) is 38.5 Å². The number of unbranched alkanes of at least 4 members (excludes halogenated alkanes) is 3. The molecule has 0 spiro atoms. The lowest BCUT2D eigenvalue weighted by molar-refractivity contribution is -0.870. The molecule has 1 N–H and O–H groups in total. The molecule has 0 bridgehead atoms. The topological polar surface area (TPSA) is 66.8 Å². The molecule has 0 aromatic carbocycles. The van der Waals surface area contributed by atoms with Crippen LogP contribution in [0.1, 0.15) is 38.5 Å². The molecule has 0 unspecified atom stereocenters. The van der Waals surface area contributed by atoms with E-state index in [1.807, 2.05) is 0 Å². The number of hydrogen-bond donors (Lipinski definition) is 1. The number of carbonyl (C=O) groups excluding carboxylic acids is 1. The van der Waals surface area contributed by atoms with Crippen molar-refractivity contribution in [3.63, 3.8) is 0 Å². The first kappa shape index (κ1) is 18.7. The fourth-order valence-corrected chi connectivity index (χ4v) is 2.60. The zero-order chi connectivity index (χ0) is 16.6. The Bertz CT molecular complexity index is 358. The number of amides is 1. The maximum atomic E-state index is 11.8. The second kappa shape index (κ2) is 8.98. The third kappa shape index (κ3) is 7.64. The molecule has 0 aliphatic carbocycles. The van der Waals surface area contributed by atoms with Gasteiger partial charge in [0, 0.05) is 13.1 Å². The Morgan fingerprint density at radius 3 is 2.23 bits per heavy atom. The summed E-state index contributed by atoms with van der Waals surface area (Å²) in [5.41, 5.74) is 0. The van der Waals surface area contributed by atoms with Gasteiger partial charge in [0.2, 0.25) is 0 Å². The van der Waals surface area contributed by atoms with Crippen LogP contribution >= 0.6 is 0 Å². The Hall–Kier alpha value is -1.30. The first-order chi connectivity index (χ1) is 10.3. The van der Waals surface area contributed by atoms with Crippen LogP contribution in [0.4, 0.5) is 4.79 Å². The van der Waals surface area contributed by atoms with Crippen molar-refractivity contribution in [2.45, 2.75) is 38.5 Å². The van der Waals surface area contributed by atoms with Crippen LogP contribution < -0.4 is 0 Å². The van der Waals surface area contributed by atoms with Crippen molar-refractivity contribution in [3.8, 4) is 0 Å². The van der Waals surface area contributed by atoms with Gasteiger partial charge in [-0.1, -0.05) is 0 Å². The van der Waals surface area contributed by atoms with Crippen molar-refractivity contribution in [2.75, 3.05) is 47.4 Å². The third-order valence-corrected chi connectivity index (χ3v) is 4.05. The molecule has 0 atom stereocenters. The normalized spacial score (nSPS) is 16.6. The second-order valence-electron chi connectivity index (χ2n) is 7.14. The highest BCUT2D eigenvalue weighted by Gasteiger charge is 2.27. The summed E-state index contributed by atoms with van der Waals surface area (Å²) in [4.78, 5) is 24.3. The minimum Gasteiger partial charge on any atom is -0.481 e. The van der Waals surface area contributed by atoms with Crippen LogP contribution in [0.3, 0.4) is 0 Å². The van der Waals surface area contributed by atoms with E-state index in [-0.39, 0.29) is 12.0 Å². The molecule has 1 fully saturated rings. The molecule has 1 heterocycles. The van der Waals surface area contributed by atoms with Crippen LogP contribution in [0, 0.1) is 5.92 Å². The maximum absolute atomic E-state index is 11.8. The van der Waals surface area contributed by atoms with Crippen LogP contribution in [-0.4, -0.2) is 73.9 Å². The summed E-state index contributed by atoms with van der Waals surface area (Å²) in [5.74, 6) is -1.08. The summed E-state index contributed by atoms with van der Waals surface area (Å²) in [6.45, 7) is 2.60. The molecule has 0 aromatic rings. The van der Waals surface area contributed by atoms with Gasteiger partial charge in [-0.15, -0.1) is 0 Å². The molecule has 128 valence electrons. The smallest absolute Gasteiger partial charge is 0.409 e. The zero-order valence-electron chi connectivity index (χ0n) is 14.2. The quantitative estimate of drug-likeness (QED) is 0.551. The number of rotatable bonds is 8. The Kier molecular flexibility index (Phi) is 7.65. The predicted octanol–water partition coefficient (Wildman–Crippen LogP) is 2.19. The van der Waals surface area contributed by atoms with E-state index in [9.17, 15) is 9.59 Å². The van der Waals surface area contributed by atoms with Gasteiger partial charge < -0.3 is 19.2 Å². The molecule has 1 aliphatic heterocycles. The fourth-order valence-electron chi connectivity index (χ4n) is 2.60. The predicted molar refractivity (Wildman–Crippen MR) is 84.6 cm³/mol. The number of ether oxygens (including phenoxy) is 1. The lowest BCUT2D eigenvalue weighted by Crippen LogP contribution is -2.40. The van der Waals surface area contributed by atoms with Gasteiger partial charge in [0.05, 0.1) is 40.2 Å². The first-order valence-electron chi connectivity index (χ1n) is 8.24. The van der Waals surface area contributed by atoms with Gasteiger partial charge in [0.15, 0.2) is 0 Å². The zero-order valence-corrected chi connectivity index (χ0v) is 14.2. The van der Waals surface area contributed by atoms with E-state index in [1.54, 1.807) is 4.90 Å². The van der Waals surface area contributed by atoms with E-state index >= 15 is 0 Å². The third-order valence-electron chi connectivity index (χ3n) is 4.05. The Balaban J connectivity index is 2.04. The molecule has 1 rings (SSSR count). The van der Waals surface area contributed by atoms with Crippen LogP contribution in [0.5, 0.6) is 0 Å². The Morgan fingerprint density at radius 2 is 1.68 bits per heavy atom. The average molecular weight is 315 g/mol. The lowest BCUT2D eigenvalue weighted by Gasteiger charge is -2.29. The molecule has 0 saturated carbocycles. The van der Waals surface area contributed by atoms with Crippen molar-refractivity contribution in [3.05, 3.63) is 0 Å². The van der Waals surface area contributed by atoms with E-state index in [0.717, 1.165) is 30.3 Å². The summed E-state index contributed by atoms with van der Waals surface area (Å²) >= 11 is 0. The summed E-state index contributed by atoms with van der Waals surface area (Å²) in [5, 5.41) is 8.92. The molecule has 0 aromatic heterocycles. The molecule has 6 nitrogen and oxygen atoms in total. The highest BCUT2D eigenvalue weighted by Crippen LogP contribution is 2.18. The first-order valence-corrected chi connectivity index (χ1v) is 8.24. The number of carboxylic acid groups (broad SMARTS) is 1. The summed E-state index contributed by atoms with van der Waals surface area (Å²) < 4.78 is 6.25. The standard InChI is InChI=1S/C16H30N2O4/c1-18(2,3)12-6-4-5-7-13-22-16(21)17-10-8-14(9-11-17)15(19)20/h14H,4-13H2,1-3H3/p+1. The van der Waals surface area contributed by atoms with E-state index in [1.165, 1.54) is 6.42 Å². The number of carboxylic acids is 1. The van der Waals surface area contributed by atoms with Crippen LogP contribution in [0.25, 0.3) is 0 Å². The SMILES string of the molecule is C[N+](C)(C)CCCCCCOC(=O)N1CCC(C(=O)O)CC1.